The zero-order chi connectivity index (χ0) is 19.6. The molecule has 2 fully saturated rings. The zero-order valence-electron chi connectivity index (χ0n) is 15.2. The molecule has 0 atom stereocenters. The molecular formula is C20H20FN3O4. The summed E-state index contributed by atoms with van der Waals surface area (Å²) in [5, 5.41) is 2.66. The molecule has 2 aliphatic heterocycles. The van der Waals surface area contributed by atoms with Crippen molar-refractivity contribution < 1.29 is 23.5 Å². The molecule has 8 heteroatoms. The summed E-state index contributed by atoms with van der Waals surface area (Å²) in [6.45, 7) is 2.21. The Labute approximate surface area is 161 Å². The Balaban J connectivity index is 1.42. The average Bonchev–Trinajstić information content (AvgIpc) is 3.18. The molecule has 2 saturated heterocycles. The van der Waals surface area contributed by atoms with Gasteiger partial charge in [-0.1, -0.05) is 0 Å². The van der Waals surface area contributed by atoms with Crippen molar-refractivity contribution in [1.29, 1.82) is 0 Å². The Morgan fingerprint density at radius 3 is 2.36 bits per heavy atom. The molecule has 0 aliphatic carbocycles. The third-order valence-corrected chi connectivity index (χ3v) is 4.98. The van der Waals surface area contributed by atoms with E-state index in [1.54, 1.807) is 4.90 Å². The van der Waals surface area contributed by atoms with Gasteiger partial charge in [0.15, 0.2) is 5.79 Å². The van der Waals surface area contributed by atoms with Crippen molar-refractivity contribution in [2.45, 2.75) is 18.6 Å². The molecule has 2 aromatic rings. The monoisotopic (exact) mass is 385 g/mol. The zero-order valence-corrected chi connectivity index (χ0v) is 15.2. The summed E-state index contributed by atoms with van der Waals surface area (Å²) in [5.74, 6) is -1.54. The number of carbonyl (C=O) groups is 2. The number of hydrogen-bond acceptors (Lipinski definition) is 5. The van der Waals surface area contributed by atoms with Gasteiger partial charge in [0.2, 0.25) is 0 Å². The van der Waals surface area contributed by atoms with Gasteiger partial charge < -0.3 is 19.7 Å². The van der Waals surface area contributed by atoms with E-state index in [-0.39, 0.29) is 17.3 Å². The van der Waals surface area contributed by atoms with Crippen molar-refractivity contribution in [3.63, 3.8) is 0 Å². The molecule has 146 valence electrons. The fourth-order valence-corrected chi connectivity index (χ4v) is 3.44. The first kappa shape index (κ1) is 18.5. The summed E-state index contributed by atoms with van der Waals surface area (Å²) in [6, 6.07) is 6.96. The van der Waals surface area contributed by atoms with E-state index in [4.69, 9.17) is 9.47 Å². The highest BCUT2D eigenvalue weighted by atomic mass is 19.1. The van der Waals surface area contributed by atoms with Crippen LogP contribution in [0.4, 0.5) is 10.1 Å². The van der Waals surface area contributed by atoms with Crippen molar-refractivity contribution in [2.75, 3.05) is 31.6 Å². The Hall–Kier alpha value is -2.84. The lowest BCUT2D eigenvalue weighted by molar-refractivity contribution is -0.181. The summed E-state index contributed by atoms with van der Waals surface area (Å²) >= 11 is 0. The number of aromatic nitrogens is 1. The number of amides is 2. The number of hydrogen-bond donors (Lipinski definition) is 1. The maximum atomic E-state index is 13.0. The molecule has 0 radical (unpaired) electrons. The number of nitrogens with one attached hydrogen (secondary N) is 1. The third-order valence-electron chi connectivity index (χ3n) is 4.98. The van der Waals surface area contributed by atoms with Crippen molar-refractivity contribution in [2.24, 2.45) is 0 Å². The number of anilines is 1. The molecule has 1 N–H and O–H groups in total. The number of rotatable bonds is 3. The van der Waals surface area contributed by atoms with Gasteiger partial charge in [-0.3, -0.25) is 14.6 Å². The topological polar surface area (TPSA) is 80.8 Å². The van der Waals surface area contributed by atoms with Crippen molar-refractivity contribution in [3.8, 4) is 0 Å². The molecule has 1 aromatic heterocycles. The highest BCUT2D eigenvalue weighted by molar-refractivity contribution is 6.05. The quantitative estimate of drug-likeness (QED) is 0.878. The van der Waals surface area contributed by atoms with Gasteiger partial charge in [0.25, 0.3) is 11.8 Å². The van der Waals surface area contributed by atoms with E-state index < -0.39 is 11.7 Å². The normalized spacial score (nSPS) is 18.2. The fraction of sp³-hybridized carbons (Fsp3) is 0.350. The summed E-state index contributed by atoms with van der Waals surface area (Å²) in [7, 11) is 0. The van der Waals surface area contributed by atoms with Crippen molar-refractivity contribution >= 4 is 17.5 Å². The first-order valence-corrected chi connectivity index (χ1v) is 9.14. The smallest absolute Gasteiger partial charge is 0.257 e. The Morgan fingerprint density at radius 1 is 1.04 bits per heavy atom. The van der Waals surface area contributed by atoms with Crippen LogP contribution in [0.1, 0.15) is 33.6 Å². The van der Waals surface area contributed by atoms with Gasteiger partial charge in [-0.15, -0.1) is 0 Å². The number of likely N-dealkylation sites (tertiary alicyclic amines) is 1. The molecule has 7 nitrogen and oxygen atoms in total. The summed E-state index contributed by atoms with van der Waals surface area (Å²) in [6.07, 6.45) is 4.08. The largest absolute Gasteiger partial charge is 0.347 e. The molecule has 2 amide bonds. The van der Waals surface area contributed by atoms with E-state index in [0.717, 1.165) is 0 Å². The summed E-state index contributed by atoms with van der Waals surface area (Å²) in [5.41, 5.74) is 1.06. The fourth-order valence-electron chi connectivity index (χ4n) is 3.44. The van der Waals surface area contributed by atoms with Crippen LogP contribution >= 0.6 is 0 Å². The molecule has 2 aliphatic rings. The number of benzene rings is 1. The number of halogens is 1. The Bertz CT molecular complexity index is 871. The van der Waals surface area contributed by atoms with Crippen molar-refractivity contribution in [1.82, 2.24) is 9.88 Å². The van der Waals surface area contributed by atoms with Crippen LogP contribution < -0.4 is 5.32 Å². The number of pyridine rings is 1. The van der Waals surface area contributed by atoms with E-state index in [1.807, 2.05) is 0 Å². The van der Waals surface area contributed by atoms with Gasteiger partial charge >= 0.3 is 0 Å². The molecule has 28 heavy (non-hydrogen) atoms. The molecule has 4 rings (SSSR count). The molecule has 0 saturated carbocycles. The lowest BCUT2D eigenvalue weighted by Gasteiger charge is -2.37. The minimum atomic E-state index is -0.550. The summed E-state index contributed by atoms with van der Waals surface area (Å²) < 4.78 is 24.3. The highest BCUT2D eigenvalue weighted by Gasteiger charge is 2.40. The second kappa shape index (κ2) is 7.65. The van der Waals surface area contributed by atoms with Gasteiger partial charge in [0.05, 0.1) is 24.3 Å². The van der Waals surface area contributed by atoms with Gasteiger partial charge in [0, 0.05) is 44.0 Å². The van der Waals surface area contributed by atoms with Crippen LogP contribution in [0.2, 0.25) is 0 Å². The van der Waals surface area contributed by atoms with Crippen LogP contribution in [-0.4, -0.2) is 53.8 Å². The Morgan fingerprint density at radius 2 is 1.68 bits per heavy atom. The van der Waals surface area contributed by atoms with Gasteiger partial charge in [-0.25, -0.2) is 4.39 Å². The van der Waals surface area contributed by atoms with Gasteiger partial charge in [0.1, 0.15) is 5.82 Å². The minimum Gasteiger partial charge on any atom is -0.347 e. The predicted octanol–water partition coefficient (Wildman–Crippen LogP) is 2.45. The number of ether oxygens (including phenoxy) is 2. The lowest BCUT2D eigenvalue weighted by Crippen LogP contribution is -2.47. The van der Waals surface area contributed by atoms with Crippen molar-refractivity contribution in [3.05, 3.63) is 59.7 Å². The van der Waals surface area contributed by atoms with E-state index in [2.05, 4.69) is 10.3 Å². The molecule has 0 unspecified atom stereocenters. The summed E-state index contributed by atoms with van der Waals surface area (Å²) in [4.78, 5) is 31.0. The van der Waals surface area contributed by atoms with Gasteiger partial charge in [-0.2, -0.15) is 0 Å². The standard InChI is InChI=1S/C20H20FN3O4/c21-16-1-3-17(4-2-16)23-18(25)14-11-15(13-22-12-14)19(26)24-7-5-20(6-8-24)27-9-10-28-20/h1-4,11-13H,5-10H2,(H,23,25). The number of carbonyl (C=O) groups excluding carboxylic acids is 2. The van der Waals surface area contributed by atoms with Crippen LogP contribution in [0.25, 0.3) is 0 Å². The van der Waals surface area contributed by atoms with Crippen LogP contribution in [-0.2, 0) is 9.47 Å². The van der Waals surface area contributed by atoms with Crippen LogP contribution in [0.15, 0.2) is 42.7 Å². The van der Waals surface area contributed by atoms with E-state index in [0.29, 0.717) is 50.4 Å². The van der Waals surface area contributed by atoms with E-state index in [9.17, 15) is 14.0 Å². The molecule has 1 spiro atoms. The second-order valence-corrected chi connectivity index (χ2v) is 6.82. The third kappa shape index (κ3) is 3.88. The number of nitrogens with zero attached hydrogens (tertiary/aromatic N) is 2. The maximum Gasteiger partial charge on any atom is 0.257 e. The molecule has 1 aromatic carbocycles. The van der Waals surface area contributed by atoms with Gasteiger partial charge in [-0.05, 0) is 30.3 Å². The lowest BCUT2D eigenvalue weighted by atomic mass is 10.0. The van der Waals surface area contributed by atoms with E-state index >= 15 is 0 Å². The maximum absolute atomic E-state index is 13.0. The first-order chi connectivity index (χ1) is 13.5. The van der Waals surface area contributed by atoms with E-state index in [1.165, 1.54) is 42.7 Å². The van der Waals surface area contributed by atoms with Crippen LogP contribution in [0.3, 0.4) is 0 Å². The first-order valence-electron chi connectivity index (χ1n) is 9.14. The highest BCUT2D eigenvalue weighted by Crippen LogP contribution is 2.31. The van der Waals surface area contributed by atoms with Crippen LogP contribution in [0.5, 0.6) is 0 Å². The molecular weight excluding hydrogens is 365 g/mol. The minimum absolute atomic E-state index is 0.184. The SMILES string of the molecule is O=C(Nc1ccc(F)cc1)c1cncc(C(=O)N2CCC3(CC2)OCCO3)c1. The second-order valence-electron chi connectivity index (χ2n) is 6.82. The molecule has 3 heterocycles. The Kier molecular flexibility index (Phi) is 5.06. The number of piperidine rings is 1. The predicted molar refractivity (Wildman–Crippen MR) is 98.4 cm³/mol. The average molecular weight is 385 g/mol. The molecule has 0 bridgehead atoms. The van der Waals surface area contributed by atoms with Crippen LogP contribution in [0, 0.1) is 5.82 Å².